The average Bonchev–Trinajstić information content (AvgIpc) is 3.21. The molecular weight excluding hydrogens is 340 g/mol. The van der Waals surface area contributed by atoms with Gasteiger partial charge in [0.1, 0.15) is 0 Å². The van der Waals surface area contributed by atoms with E-state index < -0.39 is 0 Å². The fourth-order valence-electron chi connectivity index (χ4n) is 4.01. The van der Waals surface area contributed by atoms with Crippen LogP contribution >= 0.6 is 11.3 Å². The third kappa shape index (κ3) is 4.93. The van der Waals surface area contributed by atoms with Gasteiger partial charge in [0.05, 0.1) is 6.61 Å². The van der Waals surface area contributed by atoms with Gasteiger partial charge >= 0.3 is 0 Å². The van der Waals surface area contributed by atoms with Gasteiger partial charge in [-0.3, -0.25) is 9.88 Å². The van der Waals surface area contributed by atoms with E-state index in [0.29, 0.717) is 5.41 Å². The predicted molar refractivity (Wildman–Crippen MR) is 110 cm³/mol. The number of pyridine rings is 1. The lowest BCUT2D eigenvalue weighted by molar-refractivity contribution is 0.0490. The highest BCUT2D eigenvalue weighted by molar-refractivity contribution is 7.10. The normalized spacial score (nSPS) is 20.8. The average molecular weight is 373 g/mol. The minimum absolute atomic E-state index is 0.292. The number of nitrogens with zero attached hydrogens (tertiary/aromatic N) is 2. The quantitative estimate of drug-likeness (QED) is 0.657. The highest BCUT2D eigenvalue weighted by atomic mass is 32.1. The molecule has 1 fully saturated rings. The van der Waals surface area contributed by atoms with E-state index in [1.54, 1.807) is 0 Å². The molecule has 3 heterocycles. The fourth-order valence-corrected chi connectivity index (χ4v) is 4.89. The Morgan fingerprint density at radius 2 is 2.12 bits per heavy atom. The van der Waals surface area contributed by atoms with E-state index in [1.807, 2.05) is 11.3 Å². The van der Waals surface area contributed by atoms with Gasteiger partial charge in [-0.05, 0) is 82.1 Å². The summed E-state index contributed by atoms with van der Waals surface area (Å²) in [5, 5.41) is 2.26. The minimum Gasteiger partial charge on any atom is -0.381 e. The Labute approximate surface area is 162 Å². The Balaban J connectivity index is 1.64. The third-order valence-corrected chi connectivity index (χ3v) is 6.66. The molecule has 2 aromatic heterocycles. The first-order valence-corrected chi connectivity index (χ1v) is 10.6. The fraction of sp³-hybridized carbons (Fsp3) is 0.591. The van der Waals surface area contributed by atoms with Crippen molar-refractivity contribution in [1.29, 1.82) is 0 Å². The van der Waals surface area contributed by atoms with Crippen molar-refractivity contribution in [2.75, 3.05) is 26.3 Å². The van der Waals surface area contributed by atoms with E-state index in [2.05, 4.69) is 61.2 Å². The van der Waals surface area contributed by atoms with Gasteiger partial charge in [-0.2, -0.15) is 0 Å². The van der Waals surface area contributed by atoms with Gasteiger partial charge in [-0.25, -0.2) is 0 Å². The number of ether oxygens (including phenoxy) is 1. The van der Waals surface area contributed by atoms with Crippen LogP contribution in [0, 0.1) is 26.2 Å². The molecule has 2 aromatic rings. The first kappa shape index (κ1) is 19.5. The molecule has 0 bridgehead atoms. The Bertz CT molecular complexity index is 727. The zero-order valence-corrected chi connectivity index (χ0v) is 17.5. The molecule has 3 nitrogen and oxygen atoms in total. The number of likely N-dealkylation sites (tertiary alicyclic amines) is 1. The van der Waals surface area contributed by atoms with Crippen molar-refractivity contribution in [3.8, 4) is 0 Å². The first-order valence-electron chi connectivity index (χ1n) is 9.77. The molecule has 0 spiro atoms. The summed E-state index contributed by atoms with van der Waals surface area (Å²) in [4.78, 5) is 8.73. The molecule has 3 rings (SSSR count). The van der Waals surface area contributed by atoms with E-state index in [0.717, 1.165) is 38.5 Å². The van der Waals surface area contributed by atoms with Crippen LogP contribution in [0.2, 0.25) is 0 Å². The highest BCUT2D eigenvalue weighted by Gasteiger charge is 2.38. The lowest BCUT2D eigenvalue weighted by Gasteiger charge is -2.29. The van der Waals surface area contributed by atoms with E-state index in [-0.39, 0.29) is 0 Å². The highest BCUT2D eigenvalue weighted by Crippen LogP contribution is 2.37. The summed E-state index contributed by atoms with van der Waals surface area (Å²) in [6, 6.07) is 6.71. The van der Waals surface area contributed by atoms with E-state index in [4.69, 9.17) is 4.74 Å². The number of hydrogen-bond acceptors (Lipinski definition) is 4. The lowest BCUT2D eigenvalue weighted by atomic mass is 9.83. The maximum absolute atomic E-state index is 5.92. The first-order chi connectivity index (χ1) is 12.5. The van der Waals surface area contributed by atoms with Crippen LogP contribution in [-0.4, -0.2) is 36.2 Å². The largest absolute Gasteiger partial charge is 0.381 e. The van der Waals surface area contributed by atoms with Gasteiger partial charge in [-0.1, -0.05) is 6.07 Å². The van der Waals surface area contributed by atoms with Crippen LogP contribution in [0.4, 0.5) is 0 Å². The number of rotatable bonds is 8. The van der Waals surface area contributed by atoms with Gasteiger partial charge in [0.2, 0.25) is 0 Å². The molecule has 0 radical (unpaired) electrons. The van der Waals surface area contributed by atoms with Crippen LogP contribution in [0.5, 0.6) is 0 Å². The maximum Gasteiger partial charge on any atom is 0.0535 e. The monoisotopic (exact) mass is 372 g/mol. The molecule has 0 aliphatic carbocycles. The number of aromatic nitrogens is 1. The molecule has 4 heteroatoms. The topological polar surface area (TPSA) is 25.4 Å². The number of hydrogen-bond donors (Lipinski definition) is 0. The molecule has 1 saturated heterocycles. The summed E-state index contributed by atoms with van der Waals surface area (Å²) < 4.78 is 5.92. The molecule has 0 N–H and O–H groups in total. The summed E-state index contributed by atoms with van der Waals surface area (Å²) in [5.41, 5.74) is 5.31. The second-order valence-electron chi connectivity index (χ2n) is 7.89. The molecular formula is C22H32N2OS. The van der Waals surface area contributed by atoms with E-state index >= 15 is 0 Å². The van der Waals surface area contributed by atoms with Crippen LogP contribution < -0.4 is 0 Å². The molecule has 142 valence electrons. The Morgan fingerprint density at radius 1 is 1.27 bits per heavy atom. The molecule has 26 heavy (non-hydrogen) atoms. The van der Waals surface area contributed by atoms with Crippen molar-refractivity contribution < 1.29 is 4.74 Å². The molecule has 0 saturated carbocycles. The zero-order valence-electron chi connectivity index (χ0n) is 16.7. The van der Waals surface area contributed by atoms with Crippen molar-refractivity contribution in [3.05, 3.63) is 51.0 Å². The van der Waals surface area contributed by atoms with Gasteiger partial charge in [-0.15, -0.1) is 11.3 Å². The van der Waals surface area contributed by atoms with Gasteiger partial charge in [0, 0.05) is 41.4 Å². The Morgan fingerprint density at radius 3 is 2.81 bits per heavy atom. The molecule has 0 aromatic carbocycles. The minimum atomic E-state index is 0.292. The molecule has 1 aliphatic heterocycles. The third-order valence-electron chi connectivity index (χ3n) is 5.54. The van der Waals surface area contributed by atoms with Crippen LogP contribution in [0.15, 0.2) is 23.6 Å². The van der Waals surface area contributed by atoms with Crippen molar-refractivity contribution >= 4 is 11.3 Å². The van der Waals surface area contributed by atoms with Crippen LogP contribution in [0.25, 0.3) is 0 Å². The summed E-state index contributed by atoms with van der Waals surface area (Å²) in [6.45, 7) is 13.5. The predicted octanol–water partition coefficient (Wildman–Crippen LogP) is 4.93. The van der Waals surface area contributed by atoms with Crippen molar-refractivity contribution in [2.45, 2.75) is 53.5 Å². The van der Waals surface area contributed by atoms with Gasteiger partial charge in [0.15, 0.2) is 0 Å². The van der Waals surface area contributed by atoms with Crippen molar-refractivity contribution in [2.24, 2.45) is 5.41 Å². The van der Waals surface area contributed by atoms with Crippen molar-refractivity contribution in [3.63, 3.8) is 0 Å². The second kappa shape index (κ2) is 8.64. The van der Waals surface area contributed by atoms with E-state index in [1.165, 1.54) is 41.0 Å². The van der Waals surface area contributed by atoms with Crippen LogP contribution in [-0.2, 0) is 17.7 Å². The maximum atomic E-state index is 5.92. The zero-order chi connectivity index (χ0) is 18.6. The number of aryl methyl sites for hydroxylation is 4. The molecule has 1 aliphatic rings. The Kier molecular flexibility index (Phi) is 6.49. The van der Waals surface area contributed by atoms with Crippen LogP contribution in [0.3, 0.4) is 0 Å². The standard InChI is InChI=1S/C22H32N2OS/c1-5-25-16-22(9-8-21-12-17(2)14-26-21)10-11-24(15-22)13-20-7-6-18(3)23-19(20)4/h6-7,12,14H,5,8-11,13,15-16H2,1-4H3. The summed E-state index contributed by atoms with van der Waals surface area (Å²) in [7, 11) is 0. The summed E-state index contributed by atoms with van der Waals surface area (Å²) in [5.74, 6) is 0. The van der Waals surface area contributed by atoms with Gasteiger partial charge in [0.25, 0.3) is 0 Å². The Hall–Kier alpha value is -1.23. The molecule has 1 unspecified atom stereocenters. The van der Waals surface area contributed by atoms with Crippen molar-refractivity contribution in [1.82, 2.24) is 9.88 Å². The smallest absolute Gasteiger partial charge is 0.0535 e. The summed E-state index contributed by atoms with van der Waals surface area (Å²) >= 11 is 1.90. The van der Waals surface area contributed by atoms with E-state index in [9.17, 15) is 0 Å². The SMILES string of the molecule is CCOCC1(CCc2cc(C)cs2)CCN(Cc2ccc(C)nc2C)C1. The second-order valence-corrected chi connectivity index (χ2v) is 8.88. The van der Waals surface area contributed by atoms with Gasteiger partial charge < -0.3 is 4.74 Å². The number of thiophene rings is 1. The summed E-state index contributed by atoms with van der Waals surface area (Å²) in [6.07, 6.45) is 3.62. The van der Waals surface area contributed by atoms with Crippen LogP contribution in [0.1, 0.15) is 47.2 Å². The molecule has 0 amide bonds. The lowest BCUT2D eigenvalue weighted by Crippen LogP contribution is -2.32. The molecule has 1 atom stereocenters.